The minimum Gasteiger partial charge on any atom is -0.307 e. The average Bonchev–Trinajstić information content (AvgIpc) is 2.32. The molecule has 3 unspecified atom stereocenters. The van der Waals surface area contributed by atoms with Crippen LogP contribution < -0.4 is 5.32 Å². The zero-order chi connectivity index (χ0) is 13.3. The van der Waals surface area contributed by atoms with Crippen LogP contribution in [0.15, 0.2) is 24.3 Å². The molecule has 1 aromatic rings. The van der Waals surface area contributed by atoms with Crippen molar-refractivity contribution >= 4 is 0 Å². The molecule has 1 aliphatic rings. The van der Waals surface area contributed by atoms with Gasteiger partial charge in [0.05, 0.1) is 0 Å². The molecule has 0 bridgehead atoms. The first-order valence-electron chi connectivity index (χ1n) is 7.24. The van der Waals surface area contributed by atoms with Crippen LogP contribution in [0.5, 0.6) is 0 Å². The van der Waals surface area contributed by atoms with E-state index in [9.17, 15) is 0 Å². The minimum atomic E-state index is 0.317. The molecule has 0 amide bonds. The van der Waals surface area contributed by atoms with E-state index in [1.807, 2.05) is 0 Å². The van der Waals surface area contributed by atoms with Gasteiger partial charge >= 0.3 is 0 Å². The van der Waals surface area contributed by atoms with E-state index < -0.39 is 0 Å². The van der Waals surface area contributed by atoms with Gasteiger partial charge in [-0.15, -0.1) is 0 Å². The van der Waals surface area contributed by atoms with E-state index in [2.05, 4.69) is 64.2 Å². The van der Waals surface area contributed by atoms with Gasteiger partial charge in [0.2, 0.25) is 0 Å². The maximum absolute atomic E-state index is 3.84. The van der Waals surface area contributed by atoms with Crippen LogP contribution in [0.4, 0.5) is 0 Å². The van der Waals surface area contributed by atoms with Crippen molar-refractivity contribution in [1.29, 1.82) is 0 Å². The molecule has 1 N–H and O–H groups in total. The van der Waals surface area contributed by atoms with E-state index in [1.54, 1.807) is 5.56 Å². The molecule has 0 radical (unpaired) electrons. The van der Waals surface area contributed by atoms with Crippen molar-refractivity contribution in [3.63, 3.8) is 0 Å². The lowest BCUT2D eigenvalue weighted by Crippen LogP contribution is -2.41. The van der Waals surface area contributed by atoms with Crippen molar-refractivity contribution in [3.05, 3.63) is 35.4 Å². The predicted octanol–water partition coefficient (Wildman–Crippen LogP) is 4.65. The van der Waals surface area contributed by atoms with Crippen molar-refractivity contribution in [2.75, 3.05) is 0 Å². The van der Waals surface area contributed by atoms with Crippen LogP contribution in [0.1, 0.15) is 70.5 Å². The highest BCUT2D eigenvalue weighted by Gasteiger charge is 2.28. The Morgan fingerprint density at radius 2 is 1.72 bits per heavy atom. The highest BCUT2D eigenvalue weighted by molar-refractivity contribution is 5.35. The highest BCUT2D eigenvalue weighted by Crippen LogP contribution is 2.38. The first-order valence-corrected chi connectivity index (χ1v) is 7.24. The van der Waals surface area contributed by atoms with Gasteiger partial charge in [0, 0.05) is 12.1 Å². The zero-order valence-electron chi connectivity index (χ0n) is 12.5. The Hall–Kier alpha value is -0.820. The third kappa shape index (κ3) is 2.77. The number of fused-ring (bicyclic) bond motifs is 1. The van der Waals surface area contributed by atoms with Gasteiger partial charge in [-0.25, -0.2) is 0 Å². The van der Waals surface area contributed by atoms with Gasteiger partial charge < -0.3 is 5.32 Å². The van der Waals surface area contributed by atoms with Crippen LogP contribution in [-0.4, -0.2) is 6.04 Å². The lowest BCUT2D eigenvalue weighted by atomic mass is 9.79. The second-order valence-electron chi connectivity index (χ2n) is 6.91. The number of hydrogen-bond donors (Lipinski definition) is 1. The Kier molecular flexibility index (Phi) is 3.82. The van der Waals surface area contributed by atoms with E-state index in [0.29, 0.717) is 23.4 Å². The summed E-state index contributed by atoms with van der Waals surface area (Å²) in [6.45, 7) is 11.6. The molecule has 18 heavy (non-hydrogen) atoms. The van der Waals surface area contributed by atoms with Crippen molar-refractivity contribution in [1.82, 2.24) is 5.32 Å². The molecular weight excluding hydrogens is 218 g/mol. The maximum atomic E-state index is 3.84. The minimum absolute atomic E-state index is 0.317. The van der Waals surface area contributed by atoms with Crippen LogP contribution in [-0.2, 0) is 0 Å². The van der Waals surface area contributed by atoms with Gasteiger partial charge in [0.25, 0.3) is 0 Å². The van der Waals surface area contributed by atoms with Gasteiger partial charge in [-0.05, 0) is 42.2 Å². The Labute approximate surface area is 112 Å². The maximum Gasteiger partial charge on any atom is 0.0325 e. The van der Waals surface area contributed by atoms with Gasteiger partial charge in [0.15, 0.2) is 0 Å². The van der Waals surface area contributed by atoms with Crippen molar-refractivity contribution in [2.45, 2.75) is 65.5 Å². The average molecular weight is 245 g/mol. The summed E-state index contributed by atoms with van der Waals surface area (Å²) in [4.78, 5) is 0. The van der Waals surface area contributed by atoms with Gasteiger partial charge in [-0.1, -0.05) is 52.0 Å². The Bertz CT molecular complexity index is 402. The molecule has 2 rings (SSSR count). The van der Waals surface area contributed by atoms with Crippen molar-refractivity contribution in [2.24, 2.45) is 5.41 Å². The number of benzene rings is 1. The summed E-state index contributed by atoms with van der Waals surface area (Å²) in [6, 6.07) is 10.0. The summed E-state index contributed by atoms with van der Waals surface area (Å²) < 4.78 is 0. The smallest absolute Gasteiger partial charge is 0.0325 e. The second-order valence-corrected chi connectivity index (χ2v) is 6.91. The van der Waals surface area contributed by atoms with Gasteiger partial charge in [-0.2, -0.15) is 0 Å². The molecule has 0 aromatic heterocycles. The van der Waals surface area contributed by atoms with E-state index in [-0.39, 0.29) is 0 Å². The molecule has 3 atom stereocenters. The second kappa shape index (κ2) is 5.05. The molecule has 0 heterocycles. The number of nitrogens with one attached hydrogen (secondary N) is 1. The monoisotopic (exact) mass is 245 g/mol. The van der Waals surface area contributed by atoms with E-state index in [0.717, 1.165) is 0 Å². The molecule has 0 fully saturated rings. The summed E-state index contributed by atoms with van der Waals surface area (Å²) in [5.41, 5.74) is 3.38. The van der Waals surface area contributed by atoms with Crippen LogP contribution >= 0.6 is 0 Å². The summed E-state index contributed by atoms with van der Waals surface area (Å²) in [7, 11) is 0. The SMILES string of the molecule is CC1CCC(NC(C)C(C)(C)C)c2ccccc21. The molecule has 0 aliphatic heterocycles. The highest BCUT2D eigenvalue weighted by atomic mass is 15.0. The van der Waals surface area contributed by atoms with Gasteiger partial charge in [0.1, 0.15) is 0 Å². The first-order chi connectivity index (χ1) is 8.39. The lowest BCUT2D eigenvalue weighted by molar-refractivity contribution is 0.251. The van der Waals surface area contributed by atoms with E-state index in [1.165, 1.54) is 18.4 Å². The Balaban J connectivity index is 2.19. The van der Waals surface area contributed by atoms with Crippen LogP contribution in [0.3, 0.4) is 0 Å². The third-order valence-corrected chi connectivity index (χ3v) is 4.54. The Morgan fingerprint density at radius 1 is 1.11 bits per heavy atom. The summed E-state index contributed by atoms with van der Waals surface area (Å²) in [5.74, 6) is 0.712. The third-order valence-electron chi connectivity index (χ3n) is 4.54. The van der Waals surface area contributed by atoms with Crippen LogP contribution in [0.25, 0.3) is 0 Å². The van der Waals surface area contributed by atoms with E-state index in [4.69, 9.17) is 0 Å². The molecular formula is C17H27N. The fourth-order valence-corrected chi connectivity index (χ4v) is 2.73. The number of hydrogen-bond acceptors (Lipinski definition) is 1. The topological polar surface area (TPSA) is 12.0 Å². The molecule has 1 heteroatoms. The summed E-state index contributed by atoms with van der Waals surface area (Å²) in [6.07, 6.45) is 2.56. The fourth-order valence-electron chi connectivity index (χ4n) is 2.73. The zero-order valence-corrected chi connectivity index (χ0v) is 12.5. The molecule has 100 valence electrons. The van der Waals surface area contributed by atoms with Crippen molar-refractivity contribution in [3.8, 4) is 0 Å². The molecule has 0 saturated heterocycles. The quantitative estimate of drug-likeness (QED) is 0.799. The van der Waals surface area contributed by atoms with E-state index >= 15 is 0 Å². The normalized spacial score (nSPS) is 25.6. The molecule has 0 spiro atoms. The molecule has 1 aliphatic carbocycles. The molecule has 1 nitrogen and oxygen atoms in total. The summed E-state index contributed by atoms with van der Waals surface area (Å²) in [5, 5.41) is 3.84. The molecule has 1 aromatic carbocycles. The first kappa shape index (κ1) is 13.6. The van der Waals surface area contributed by atoms with Crippen molar-refractivity contribution < 1.29 is 0 Å². The fraction of sp³-hybridized carbons (Fsp3) is 0.647. The standard InChI is InChI=1S/C17H27N/c1-12-10-11-16(18-13(2)17(3,4)5)15-9-7-6-8-14(12)15/h6-9,12-13,16,18H,10-11H2,1-5H3. The Morgan fingerprint density at radius 3 is 2.33 bits per heavy atom. The van der Waals surface area contributed by atoms with Crippen LogP contribution in [0, 0.1) is 5.41 Å². The lowest BCUT2D eigenvalue weighted by Gasteiger charge is -2.36. The summed E-state index contributed by atoms with van der Waals surface area (Å²) >= 11 is 0. The largest absolute Gasteiger partial charge is 0.307 e. The molecule has 0 saturated carbocycles. The van der Waals surface area contributed by atoms with Crippen LogP contribution in [0.2, 0.25) is 0 Å². The predicted molar refractivity (Wildman–Crippen MR) is 78.9 cm³/mol. The number of rotatable bonds is 2. The van der Waals surface area contributed by atoms with Gasteiger partial charge in [-0.3, -0.25) is 0 Å².